The molecule has 2 heteroatoms. The number of benzene rings is 9. The van der Waals surface area contributed by atoms with Crippen LogP contribution in [-0.2, 0) is 0 Å². The highest BCUT2D eigenvalue weighted by Gasteiger charge is 2.26. The molecule has 1 heterocycles. The summed E-state index contributed by atoms with van der Waals surface area (Å²) in [6.07, 6.45) is 0. The second-order valence-corrected chi connectivity index (χ2v) is 14.8. The lowest BCUT2D eigenvalue weighted by Gasteiger charge is -2.25. The van der Waals surface area contributed by atoms with Gasteiger partial charge in [0.05, 0.1) is 11.4 Å². The highest BCUT2D eigenvalue weighted by Crippen LogP contribution is 2.51. The van der Waals surface area contributed by atoms with Gasteiger partial charge in [-0.25, -0.2) is 9.97 Å². The molecule has 0 N–H and O–H groups in total. The first kappa shape index (κ1) is 36.4. The molecule has 0 atom stereocenters. The third-order valence-corrected chi connectivity index (χ3v) is 11.1. The molecule has 0 amide bonds. The van der Waals surface area contributed by atoms with E-state index in [0.717, 1.165) is 83.7 Å². The maximum Gasteiger partial charge on any atom is 0.161 e. The van der Waals surface area contributed by atoms with Gasteiger partial charge in [0.25, 0.3) is 0 Å². The zero-order valence-electron chi connectivity index (χ0n) is 33.0. The van der Waals surface area contributed by atoms with Gasteiger partial charge in [-0.1, -0.05) is 231 Å². The number of aromatic nitrogens is 2. The molecule has 0 saturated heterocycles. The zero-order valence-corrected chi connectivity index (χ0v) is 33.0. The SMILES string of the molecule is c1ccc(-c2cc(-c3ccccc3-c3ccccc3)nc(-c3ccccc3-c3cc(-c4ccccc4)c(-c4ccccc4)c(-c4ccccc4)c3-c3ccccc3)n2)cc1. The molecule has 0 aliphatic heterocycles. The minimum atomic E-state index is 0.665. The van der Waals surface area contributed by atoms with Crippen molar-refractivity contribution < 1.29 is 0 Å². The maximum absolute atomic E-state index is 5.49. The third-order valence-electron chi connectivity index (χ3n) is 11.1. The summed E-state index contributed by atoms with van der Waals surface area (Å²) >= 11 is 0. The van der Waals surface area contributed by atoms with Gasteiger partial charge in [0.2, 0.25) is 0 Å². The van der Waals surface area contributed by atoms with Crippen LogP contribution in [0.2, 0.25) is 0 Å². The zero-order chi connectivity index (χ0) is 40.1. The third kappa shape index (κ3) is 7.12. The summed E-state index contributed by atoms with van der Waals surface area (Å²) in [5.41, 5.74) is 18.5. The Kier molecular flexibility index (Phi) is 10.0. The van der Waals surface area contributed by atoms with Crippen LogP contribution < -0.4 is 0 Å². The van der Waals surface area contributed by atoms with Gasteiger partial charge in [-0.05, 0) is 78.9 Å². The molecule has 0 spiro atoms. The molecule has 10 aromatic rings. The molecular weight excluding hydrogens is 725 g/mol. The normalized spacial score (nSPS) is 11.0. The quantitative estimate of drug-likeness (QED) is 0.146. The summed E-state index contributed by atoms with van der Waals surface area (Å²) in [5.74, 6) is 0.665. The van der Waals surface area contributed by atoms with Crippen molar-refractivity contribution in [1.29, 1.82) is 0 Å². The molecule has 0 radical (unpaired) electrons. The Morgan fingerprint density at radius 2 is 0.550 bits per heavy atom. The van der Waals surface area contributed by atoms with Gasteiger partial charge < -0.3 is 0 Å². The standard InChI is InChI=1S/C58H40N2/c1-7-23-41(24-8-1)47-35-19-21-37-49(47)54-40-53(43-27-11-3-12-28-43)59-58(60-54)50-38-22-20-36-48(50)52-39-51(42-25-9-2-10-26-42)55(44-29-13-4-14-30-44)57(46-33-17-6-18-34-46)56(52)45-31-15-5-16-32-45/h1-40H. The van der Waals surface area contributed by atoms with Crippen molar-refractivity contribution in [3.63, 3.8) is 0 Å². The van der Waals surface area contributed by atoms with Crippen LogP contribution in [0.5, 0.6) is 0 Å². The van der Waals surface area contributed by atoms with E-state index in [9.17, 15) is 0 Å². The van der Waals surface area contributed by atoms with Crippen LogP contribution in [-0.4, -0.2) is 9.97 Å². The van der Waals surface area contributed by atoms with Crippen LogP contribution in [0.1, 0.15) is 0 Å². The van der Waals surface area contributed by atoms with E-state index >= 15 is 0 Å². The Morgan fingerprint density at radius 3 is 1.07 bits per heavy atom. The Morgan fingerprint density at radius 1 is 0.200 bits per heavy atom. The summed E-state index contributed by atoms with van der Waals surface area (Å²) in [7, 11) is 0. The molecule has 0 unspecified atom stereocenters. The minimum absolute atomic E-state index is 0.665. The van der Waals surface area contributed by atoms with Crippen molar-refractivity contribution in [1.82, 2.24) is 9.97 Å². The smallest absolute Gasteiger partial charge is 0.161 e. The van der Waals surface area contributed by atoms with Gasteiger partial charge in [-0.3, -0.25) is 0 Å². The van der Waals surface area contributed by atoms with Crippen LogP contribution in [0.4, 0.5) is 0 Å². The molecule has 0 bridgehead atoms. The van der Waals surface area contributed by atoms with Crippen molar-refractivity contribution in [2.24, 2.45) is 0 Å². The van der Waals surface area contributed by atoms with E-state index in [1.807, 2.05) is 6.07 Å². The Balaban J connectivity index is 1.31. The highest BCUT2D eigenvalue weighted by atomic mass is 14.9. The molecule has 0 saturated carbocycles. The Hall–Kier alpha value is -7.94. The summed E-state index contributed by atoms with van der Waals surface area (Å²) in [6, 6.07) is 86.0. The second-order valence-electron chi connectivity index (χ2n) is 14.8. The van der Waals surface area contributed by atoms with E-state index in [1.165, 1.54) is 11.1 Å². The van der Waals surface area contributed by atoms with Crippen molar-refractivity contribution in [2.45, 2.75) is 0 Å². The lowest BCUT2D eigenvalue weighted by atomic mass is 9.78. The first-order valence-electron chi connectivity index (χ1n) is 20.4. The molecule has 2 nitrogen and oxygen atoms in total. The summed E-state index contributed by atoms with van der Waals surface area (Å²) in [6.45, 7) is 0. The van der Waals surface area contributed by atoms with Gasteiger partial charge in [-0.15, -0.1) is 0 Å². The van der Waals surface area contributed by atoms with E-state index in [0.29, 0.717) is 5.82 Å². The lowest BCUT2D eigenvalue weighted by Crippen LogP contribution is -2.01. The number of hydrogen-bond donors (Lipinski definition) is 0. The summed E-state index contributed by atoms with van der Waals surface area (Å²) in [5, 5.41) is 0. The molecule has 10 rings (SSSR count). The van der Waals surface area contributed by atoms with Crippen LogP contribution in [0, 0.1) is 0 Å². The number of nitrogens with zero attached hydrogens (tertiary/aromatic N) is 2. The van der Waals surface area contributed by atoms with E-state index < -0.39 is 0 Å². The van der Waals surface area contributed by atoms with Gasteiger partial charge in [0.1, 0.15) is 0 Å². The number of rotatable bonds is 9. The molecule has 282 valence electrons. The van der Waals surface area contributed by atoms with E-state index in [2.05, 4.69) is 237 Å². The molecule has 9 aromatic carbocycles. The fourth-order valence-electron chi connectivity index (χ4n) is 8.39. The average Bonchev–Trinajstić information content (AvgIpc) is 3.35. The predicted molar refractivity (Wildman–Crippen MR) is 251 cm³/mol. The minimum Gasteiger partial charge on any atom is -0.228 e. The van der Waals surface area contributed by atoms with Crippen molar-refractivity contribution in [3.8, 4) is 101 Å². The maximum atomic E-state index is 5.49. The fraction of sp³-hybridized carbons (Fsp3) is 0. The van der Waals surface area contributed by atoms with Crippen molar-refractivity contribution in [2.75, 3.05) is 0 Å². The van der Waals surface area contributed by atoms with Crippen molar-refractivity contribution >= 4 is 0 Å². The Labute approximate surface area is 351 Å². The van der Waals surface area contributed by atoms with Crippen LogP contribution >= 0.6 is 0 Å². The van der Waals surface area contributed by atoms with E-state index in [4.69, 9.17) is 9.97 Å². The fourth-order valence-corrected chi connectivity index (χ4v) is 8.39. The molecule has 0 aliphatic carbocycles. The Bertz CT molecular complexity index is 3040. The van der Waals surface area contributed by atoms with Crippen LogP contribution in [0.15, 0.2) is 243 Å². The molecule has 0 fully saturated rings. The van der Waals surface area contributed by atoms with Gasteiger partial charge >= 0.3 is 0 Å². The highest BCUT2D eigenvalue weighted by molar-refractivity contribution is 6.08. The molecule has 60 heavy (non-hydrogen) atoms. The molecule has 0 aliphatic rings. The summed E-state index contributed by atoms with van der Waals surface area (Å²) in [4.78, 5) is 10.9. The average molecular weight is 765 g/mol. The van der Waals surface area contributed by atoms with E-state index in [1.54, 1.807) is 0 Å². The second kappa shape index (κ2) is 16.5. The lowest BCUT2D eigenvalue weighted by molar-refractivity contribution is 1.18. The molecule has 1 aromatic heterocycles. The topological polar surface area (TPSA) is 25.8 Å². The number of hydrogen-bond acceptors (Lipinski definition) is 2. The largest absolute Gasteiger partial charge is 0.228 e. The molecular formula is C58H40N2. The monoisotopic (exact) mass is 764 g/mol. The summed E-state index contributed by atoms with van der Waals surface area (Å²) < 4.78 is 0. The van der Waals surface area contributed by atoms with E-state index in [-0.39, 0.29) is 0 Å². The van der Waals surface area contributed by atoms with Gasteiger partial charge in [-0.2, -0.15) is 0 Å². The first-order valence-corrected chi connectivity index (χ1v) is 20.4. The predicted octanol–water partition coefficient (Wildman–Crippen LogP) is 15.5. The van der Waals surface area contributed by atoms with Crippen LogP contribution in [0.3, 0.4) is 0 Å². The van der Waals surface area contributed by atoms with Crippen molar-refractivity contribution in [3.05, 3.63) is 243 Å². The van der Waals surface area contributed by atoms with Gasteiger partial charge in [0.15, 0.2) is 5.82 Å². The van der Waals surface area contributed by atoms with Crippen LogP contribution in [0.25, 0.3) is 101 Å². The first-order chi connectivity index (χ1) is 29.8. The van der Waals surface area contributed by atoms with Gasteiger partial charge in [0, 0.05) is 16.7 Å².